The first-order chi connectivity index (χ1) is 14.1. The SMILES string of the molecule is Cc1ccc([C@@H](C(=O)NC2CCCC2)N(C(=O)CCl)C2CCCCCCC2)cc1. The second-order valence-electron chi connectivity index (χ2n) is 8.74. The van der Waals surface area contributed by atoms with E-state index in [9.17, 15) is 9.59 Å². The number of hydrogen-bond acceptors (Lipinski definition) is 2. The van der Waals surface area contributed by atoms with Gasteiger partial charge in [0.1, 0.15) is 11.9 Å². The summed E-state index contributed by atoms with van der Waals surface area (Å²) >= 11 is 6.05. The normalized spacial score (nSPS) is 19.9. The van der Waals surface area contributed by atoms with Gasteiger partial charge in [0.05, 0.1) is 0 Å². The van der Waals surface area contributed by atoms with Crippen LogP contribution in [0.1, 0.15) is 87.8 Å². The molecule has 0 bridgehead atoms. The number of aryl methyl sites for hydroxylation is 1. The smallest absolute Gasteiger partial charge is 0.247 e. The zero-order valence-electron chi connectivity index (χ0n) is 17.7. The Morgan fingerprint density at radius 1 is 0.966 bits per heavy atom. The Morgan fingerprint density at radius 3 is 2.10 bits per heavy atom. The van der Waals surface area contributed by atoms with Gasteiger partial charge in [0.2, 0.25) is 11.8 Å². The van der Waals surface area contributed by atoms with Crippen molar-refractivity contribution in [1.29, 1.82) is 0 Å². The maximum absolute atomic E-state index is 13.5. The molecule has 1 atom stereocenters. The van der Waals surface area contributed by atoms with Gasteiger partial charge >= 0.3 is 0 Å². The number of nitrogens with zero attached hydrogens (tertiary/aromatic N) is 1. The minimum absolute atomic E-state index is 0.0544. The lowest BCUT2D eigenvalue weighted by atomic mass is 9.92. The number of carbonyl (C=O) groups excluding carboxylic acids is 2. The number of amides is 2. The van der Waals surface area contributed by atoms with Crippen molar-refractivity contribution in [2.75, 3.05) is 5.88 Å². The maximum atomic E-state index is 13.5. The lowest BCUT2D eigenvalue weighted by molar-refractivity contribution is -0.142. The molecule has 0 radical (unpaired) electrons. The molecule has 2 aliphatic rings. The standard InChI is InChI=1S/C24H35ClN2O2/c1-18-13-15-19(16-14-18)23(24(29)26-20-9-7-8-10-20)27(22(28)17-25)21-11-5-3-2-4-6-12-21/h13-16,20-21,23H,2-12,17H2,1H3,(H,26,29)/t23-/m0/s1. The molecular weight excluding hydrogens is 384 g/mol. The first kappa shape index (κ1) is 22.1. The minimum atomic E-state index is -0.605. The molecule has 2 aliphatic carbocycles. The Hall–Kier alpha value is -1.55. The fraction of sp³-hybridized carbons (Fsp3) is 0.667. The van der Waals surface area contributed by atoms with Gasteiger partial charge < -0.3 is 10.2 Å². The van der Waals surface area contributed by atoms with Crippen molar-refractivity contribution in [3.8, 4) is 0 Å². The first-order valence-electron chi connectivity index (χ1n) is 11.3. The van der Waals surface area contributed by atoms with Crippen LogP contribution in [0, 0.1) is 6.92 Å². The van der Waals surface area contributed by atoms with Gasteiger partial charge in [-0.2, -0.15) is 0 Å². The molecule has 4 nitrogen and oxygen atoms in total. The molecule has 0 saturated heterocycles. The van der Waals surface area contributed by atoms with E-state index in [2.05, 4.69) is 5.32 Å². The molecule has 2 amide bonds. The van der Waals surface area contributed by atoms with Crippen LogP contribution in [0.15, 0.2) is 24.3 Å². The lowest BCUT2D eigenvalue weighted by Crippen LogP contribution is -2.50. The van der Waals surface area contributed by atoms with E-state index in [4.69, 9.17) is 11.6 Å². The number of alkyl halides is 1. The van der Waals surface area contributed by atoms with Crippen LogP contribution in [0.25, 0.3) is 0 Å². The van der Waals surface area contributed by atoms with E-state index in [0.29, 0.717) is 0 Å². The number of hydrogen-bond donors (Lipinski definition) is 1. The van der Waals surface area contributed by atoms with Crippen LogP contribution >= 0.6 is 11.6 Å². The largest absolute Gasteiger partial charge is 0.351 e. The third kappa shape index (κ3) is 5.97. The van der Waals surface area contributed by atoms with E-state index >= 15 is 0 Å². The van der Waals surface area contributed by atoms with Gasteiger partial charge in [0, 0.05) is 12.1 Å². The Morgan fingerprint density at radius 2 is 1.52 bits per heavy atom. The molecule has 0 spiro atoms. The molecular formula is C24H35ClN2O2. The van der Waals surface area contributed by atoms with Gasteiger partial charge in [-0.05, 0) is 38.2 Å². The van der Waals surface area contributed by atoms with Crippen molar-refractivity contribution in [3.63, 3.8) is 0 Å². The van der Waals surface area contributed by atoms with Gasteiger partial charge in [0.15, 0.2) is 0 Å². The highest BCUT2D eigenvalue weighted by atomic mass is 35.5. The zero-order valence-corrected chi connectivity index (χ0v) is 18.4. The molecule has 2 saturated carbocycles. The van der Waals surface area contributed by atoms with E-state index in [1.165, 1.54) is 19.3 Å². The van der Waals surface area contributed by atoms with E-state index < -0.39 is 6.04 Å². The van der Waals surface area contributed by atoms with Crippen molar-refractivity contribution in [3.05, 3.63) is 35.4 Å². The molecule has 0 heterocycles. The summed E-state index contributed by atoms with van der Waals surface area (Å²) in [5, 5.41) is 3.24. The third-order valence-electron chi connectivity index (χ3n) is 6.49. The van der Waals surface area contributed by atoms with Crippen LogP contribution in [0.2, 0.25) is 0 Å². The molecule has 160 valence electrons. The Balaban J connectivity index is 1.92. The summed E-state index contributed by atoms with van der Waals surface area (Å²) in [5.41, 5.74) is 2.02. The molecule has 29 heavy (non-hydrogen) atoms. The van der Waals surface area contributed by atoms with Crippen LogP contribution in [-0.4, -0.2) is 34.7 Å². The quantitative estimate of drug-likeness (QED) is 0.639. The summed E-state index contributed by atoms with van der Waals surface area (Å²) in [5.74, 6) is -0.277. The monoisotopic (exact) mass is 418 g/mol. The summed E-state index contributed by atoms with van der Waals surface area (Å²) in [4.78, 5) is 28.4. The average molecular weight is 419 g/mol. The molecule has 5 heteroatoms. The molecule has 0 aromatic heterocycles. The van der Waals surface area contributed by atoms with Crippen molar-refractivity contribution in [1.82, 2.24) is 10.2 Å². The van der Waals surface area contributed by atoms with E-state index in [-0.39, 0.29) is 29.8 Å². The summed E-state index contributed by atoms with van der Waals surface area (Å²) in [7, 11) is 0. The molecule has 0 aliphatic heterocycles. The lowest BCUT2D eigenvalue weighted by Gasteiger charge is -2.39. The minimum Gasteiger partial charge on any atom is -0.351 e. The Kier molecular flexibility index (Phi) is 8.40. The van der Waals surface area contributed by atoms with Crippen molar-refractivity contribution in [2.24, 2.45) is 0 Å². The highest BCUT2D eigenvalue weighted by Crippen LogP contribution is 2.31. The summed E-state index contributed by atoms with van der Waals surface area (Å²) in [6.45, 7) is 2.04. The second-order valence-corrected chi connectivity index (χ2v) is 9.00. The van der Waals surface area contributed by atoms with E-state index in [0.717, 1.165) is 62.5 Å². The van der Waals surface area contributed by atoms with Crippen LogP contribution in [0.4, 0.5) is 0 Å². The van der Waals surface area contributed by atoms with Crippen molar-refractivity contribution in [2.45, 2.75) is 95.7 Å². The highest BCUT2D eigenvalue weighted by molar-refractivity contribution is 6.27. The molecule has 0 unspecified atom stereocenters. The predicted octanol–water partition coefficient (Wildman–Crippen LogP) is 5.28. The van der Waals surface area contributed by atoms with Crippen LogP contribution < -0.4 is 5.32 Å². The van der Waals surface area contributed by atoms with Crippen LogP contribution in [0.5, 0.6) is 0 Å². The Bertz CT molecular complexity index is 662. The van der Waals surface area contributed by atoms with Gasteiger partial charge in [-0.15, -0.1) is 11.6 Å². The molecule has 1 aromatic rings. The molecule has 3 rings (SSSR count). The van der Waals surface area contributed by atoms with Crippen LogP contribution in [0.3, 0.4) is 0 Å². The fourth-order valence-electron chi connectivity index (χ4n) is 4.88. The van der Waals surface area contributed by atoms with Gasteiger partial charge in [-0.25, -0.2) is 0 Å². The first-order valence-corrected chi connectivity index (χ1v) is 11.9. The Labute approximate surface area is 180 Å². The van der Waals surface area contributed by atoms with Crippen molar-refractivity contribution >= 4 is 23.4 Å². The number of nitrogens with one attached hydrogen (secondary N) is 1. The van der Waals surface area contributed by atoms with Gasteiger partial charge in [-0.3, -0.25) is 9.59 Å². The summed E-state index contributed by atoms with van der Waals surface area (Å²) in [6.07, 6.45) is 12.1. The molecule has 1 N–H and O–H groups in total. The molecule has 2 fully saturated rings. The van der Waals surface area contributed by atoms with Gasteiger partial charge in [0.25, 0.3) is 0 Å². The average Bonchev–Trinajstić information content (AvgIpc) is 3.20. The van der Waals surface area contributed by atoms with Crippen LogP contribution in [-0.2, 0) is 9.59 Å². The summed E-state index contributed by atoms with van der Waals surface area (Å²) in [6, 6.07) is 7.71. The number of halogens is 1. The number of rotatable bonds is 6. The maximum Gasteiger partial charge on any atom is 0.247 e. The number of carbonyl (C=O) groups is 2. The van der Waals surface area contributed by atoms with E-state index in [1.807, 2.05) is 36.1 Å². The third-order valence-corrected chi connectivity index (χ3v) is 6.72. The van der Waals surface area contributed by atoms with Gasteiger partial charge in [-0.1, -0.05) is 74.8 Å². The van der Waals surface area contributed by atoms with Crippen molar-refractivity contribution < 1.29 is 9.59 Å². The molecule has 1 aromatic carbocycles. The predicted molar refractivity (Wildman–Crippen MR) is 118 cm³/mol. The summed E-state index contributed by atoms with van der Waals surface area (Å²) < 4.78 is 0. The van der Waals surface area contributed by atoms with E-state index in [1.54, 1.807) is 0 Å². The number of benzene rings is 1. The highest BCUT2D eigenvalue weighted by Gasteiger charge is 2.36. The second kappa shape index (κ2) is 11.0. The zero-order chi connectivity index (χ0) is 20.6. The topological polar surface area (TPSA) is 49.4 Å². The fourth-order valence-corrected chi connectivity index (χ4v) is 5.02.